The Hall–Kier alpha value is -3.84. The average Bonchev–Trinajstić information content (AvgIpc) is 3.28. The number of benzene rings is 2. The largest absolute Gasteiger partial charge is 0.325 e. The number of nitrogens with one attached hydrogen (secondary N) is 2. The minimum atomic E-state index is -3.86. The molecule has 11 nitrogen and oxygen atoms in total. The van der Waals surface area contributed by atoms with Crippen LogP contribution >= 0.6 is 11.8 Å². The highest BCUT2D eigenvalue weighted by molar-refractivity contribution is 8.00. The number of nitrogens with zero attached hydrogens (tertiary/aromatic N) is 6. The van der Waals surface area contributed by atoms with Crippen LogP contribution in [-0.2, 0) is 14.8 Å². The Morgan fingerprint density at radius 3 is 2.39 bits per heavy atom. The molecule has 0 saturated heterocycles. The molecular weight excluding hydrogens is 464 g/mol. The van der Waals surface area contributed by atoms with Gasteiger partial charge in [-0.15, -0.1) is 5.10 Å². The summed E-state index contributed by atoms with van der Waals surface area (Å²) >= 11 is 1.20. The second-order valence-electron chi connectivity index (χ2n) is 6.66. The van der Waals surface area contributed by atoms with Gasteiger partial charge in [0.2, 0.25) is 17.0 Å². The van der Waals surface area contributed by atoms with Crippen LogP contribution in [-0.4, -0.2) is 49.8 Å². The Kier molecular flexibility index (Phi) is 6.60. The second-order valence-corrected chi connectivity index (χ2v) is 9.65. The predicted molar refractivity (Wildman–Crippen MR) is 122 cm³/mol. The van der Waals surface area contributed by atoms with Crippen molar-refractivity contribution < 1.29 is 13.2 Å². The van der Waals surface area contributed by atoms with Gasteiger partial charge in [-0.25, -0.2) is 23.1 Å². The molecule has 2 aromatic heterocycles. The van der Waals surface area contributed by atoms with Gasteiger partial charge in [0.1, 0.15) is 0 Å². The van der Waals surface area contributed by atoms with Crippen LogP contribution in [0.25, 0.3) is 5.69 Å². The normalized spacial score (nSPS) is 12.2. The zero-order chi connectivity index (χ0) is 23.3. The SMILES string of the molecule is CC(Sc1nnnn1-c1ccccc1)C(=O)Nc1ccc(S(=O)(=O)Nc2ncccn2)cc1. The second kappa shape index (κ2) is 9.75. The monoisotopic (exact) mass is 482 g/mol. The molecule has 1 unspecified atom stereocenters. The van der Waals surface area contributed by atoms with Gasteiger partial charge in [-0.05, 0) is 59.8 Å². The molecule has 0 bridgehead atoms. The summed E-state index contributed by atoms with van der Waals surface area (Å²) in [5.74, 6) is -0.312. The fourth-order valence-corrected chi connectivity index (χ4v) is 4.45. The Morgan fingerprint density at radius 2 is 1.70 bits per heavy atom. The van der Waals surface area contributed by atoms with E-state index < -0.39 is 15.3 Å². The highest BCUT2D eigenvalue weighted by atomic mass is 32.2. The number of para-hydroxylation sites is 1. The summed E-state index contributed by atoms with van der Waals surface area (Å²) in [6.45, 7) is 1.73. The van der Waals surface area contributed by atoms with E-state index in [2.05, 4.69) is 35.5 Å². The van der Waals surface area contributed by atoms with Crippen LogP contribution in [0.5, 0.6) is 0 Å². The van der Waals surface area contributed by atoms with E-state index in [1.54, 1.807) is 17.7 Å². The minimum absolute atomic E-state index is 0.0115. The first-order valence-electron chi connectivity index (χ1n) is 9.63. The third kappa shape index (κ3) is 5.51. The maximum absolute atomic E-state index is 12.7. The molecule has 4 rings (SSSR count). The number of hydrogen-bond donors (Lipinski definition) is 2. The minimum Gasteiger partial charge on any atom is -0.325 e. The molecule has 0 spiro atoms. The van der Waals surface area contributed by atoms with Crippen LogP contribution in [0.15, 0.2) is 83.1 Å². The van der Waals surface area contributed by atoms with E-state index in [1.165, 1.54) is 48.4 Å². The van der Waals surface area contributed by atoms with Crippen molar-refractivity contribution >= 4 is 39.3 Å². The van der Waals surface area contributed by atoms with Crippen LogP contribution in [0.4, 0.5) is 11.6 Å². The predicted octanol–water partition coefficient (Wildman–Crippen LogP) is 2.37. The smallest absolute Gasteiger partial charge is 0.264 e. The fraction of sp³-hybridized carbons (Fsp3) is 0.100. The fourth-order valence-electron chi connectivity index (χ4n) is 2.69. The van der Waals surface area contributed by atoms with Gasteiger partial charge < -0.3 is 5.32 Å². The zero-order valence-corrected chi connectivity index (χ0v) is 18.9. The lowest BCUT2D eigenvalue weighted by Gasteiger charge is -2.12. The maximum atomic E-state index is 12.7. The number of thioether (sulfide) groups is 1. The topological polar surface area (TPSA) is 145 Å². The molecule has 1 atom stereocenters. The first-order chi connectivity index (χ1) is 15.9. The van der Waals surface area contributed by atoms with Crippen LogP contribution < -0.4 is 10.0 Å². The number of sulfonamides is 1. The van der Waals surface area contributed by atoms with Gasteiger partial charge in [-0.2, -0.15) is 4.68 Å². The zero-order valence-electron chi connectivity index (χ0n) is 17.2. The van der Waals surface area contributed by atoms with Crippen molar-refractivity contribution in [3.8, 4) is 5.69 Å². The van der Waals surface area contributed by atoms with E-state index in [9.17, 15) is 13.2 Å². The van der Waals surface area contributed by atoms with Crippen molar-refractivity contribution in [2.45, 2.75) is 22.2 Å². The molecule has 2 heterocycles. The summed E-state index contributed by atoms with van der Waals surface area (Å²) in [4.78, 5) is 20.4. The molecule has 0 saturated carbocycles. The summed E-state index contributed by atoms with van der Waals surface area (Å²) in [7, 11) is -3.86. The third-order valence-electron chi connectivity index (χ3n) is 4.32. The lowest BCUT2D eigenvalue weighted by molar-refractivity contribution is -0.115. The summed E-state index contributed by atoms with van der Waals surface area (Å²) in [6, 6.07) is 16.7. The highest BCUT2D eigenvalue weighted by Gasteiger charge is 2.20. The quantitative estimate of drug-likeness (QED) is 0.362. The van der Waals surface area contributed by atoms with E-state index in [1.807, 2.05) is 30.3 Å². The van der Waals surface area contributed by atoms with Crippen LogP contribution in [0, 0.1) is 0 Å². The Bertz CT molecular complexity index is 1330. The molecule has 0 aliphatic heterocycles. The number of aromatic nitrogens is 6. The molecule has 4 aromatic rings. The molecule has 13 heteroatoms. The molecule has 2 N–H and O–H groups in total. The lowest BCUT2D eigenvalue weighted by Crippen LogP contribution is -2.23. The first kappa shape index (κ1) is 22.4. The van der Waals surface area contributed by atoms with Crippen molar-refractivity contribution in [1.29, 1.82) is 0 Å². The van der Waals surface area contributed by atoms with Gasteiger partial charge in [-0.3, -0.25) is 4.79 Å². The molecular formula is C20H18N8O3S2. The van der Waals surface area contributed by atoms with E-state index in [-0.39, 0.29) is 16.8 Å². The van der Waals surface area contributed by atoms with Crippen LogP contribution in [0.2, 0.25) is 0 Å². The standard InChI is InChI=1S/C20H18N8O3S2/c1-14(32-20-24-26-27-28(20)16-6-3-2-4-7-16)18(29)23-15-8-10-17(11-9-15)33(30,31)25-19-21-12-5-13-22-19/h2-14H,1H3,(H,23,29)(H,21,22,25). The number of anilines is 2. The van der Waals surface area contributed by atoms with Gasteiger partial charge >= 0.3 is 0 Å². The van der Waals surface area contributed by atoms with Gasteiger partial charge in [0, 0.05) is 18.1 Å². The van der Waals surface area contributed by atoms with E-state index in [4.69, 9.17) is 0 Å². The highest BCUT2D eigenvalue weighted by Crippen LogP contribution is 2.24. The van der Waals surface area contributed by atoms with Crippen molar-refractivity contribution in [1.82, 2.24) is 30.2 Å². The van der Waals surface area contributed by atoms with Crippen molar-refractivity contribution in [2.24, 2.45) is 0 Å². The Balaban J connectivity index is 1.39. The number of rotatable bonds is 8. The maximum Gasteiger partial charge on any atom is 0.264 e. The van der Waals surface area contributed by atoms with Crippen molar-refractivity contribution in [3.05, 3.63) is 73.1 Å². The number of tetrazole rings is 1. The van der Waals surface area contributed by atoms with Gasteiger partial charge in [0.05, 0.1) is 15.8 Å². The van der Waals surface area contributed by atoms with E-state index in [0.29, 0.717) is 10.8 Å². The summed E-state index contributed by atoms with van der Waals surface area (Å²) in [5.41, 5.74) is 1.23. The number of amides is 1. The summed E-state index contributed by atoms with van der Waals surface area (Å²) in [5, 5.41) is 14.4. The Labute approximate surface area is 193 Å². The molecule has 0 aliphatic rings. The molecule has 33 heavy (non-hydrogen) atoms. The molecule has 0 aliphatic carbocycles. The number of carbonyl (C=O) groups excluding carboxylic acids is 1. The summed E-state index contributed by atoms with van der Waals surface area (Å²) < 4.78 is 28.8. The van der Waals surface area contributed by atoms with E-state index in [0.717, 1.165) is 5.69 Å². The Morgan fingerprint density at radius 1 is 1.00 bits per heavy atom. The number of carbonyl (C=O) groups is 1. The molecule has 168 valence electrons. The number of hydrogen-bond acceptors (Lipinski definition) is 9. The average molecular weight is 483 g/mol. The van der Waals surface area contributed by atoms with Gasteiger partial charge in [0.15, 0.2) is 0 Å². The third-order valence-corrected chi connectivity index (χ3v) is 6.69. The molecule has 0 radical (unpaired) electrons. The van der Waals surface area contributed by atoms with Crippen molar-refractivity contribution in [2.75, 3.05) is 10.0 Å². The van der Waals surface area contributed by atoms with Crippen molar-refractivity contribution in [3.63, 3.8) is 0 Å². The molecule has 0 fully saturated rings. The van der Waals surface area contributed by atoms with Crippen LogP contribution in [0.1, 0.15) is 6.92 Å². The van der Waals surface area contributed by atoms with E-state index >= 15 is 0 Å². The first-order valence-corrected chi connectivity index (χ1v) is 12.0. The summed E-state index contributed by atoms with van der Waals surface area (Å²) in [6.07, 6.45) is 2.86. The van der Waals surface area contributed by atoms with Gasteiger partial charge in [-0.1, -0.05) is 30.0 Å². The van der Waals surface area contributed by atoms with Crippen LogP contribution in [0.3, 0.4) is 0 Å². The molecule has 1 amide bonds. The lowest BCUT2D eigenvalue weighted by atomic mass is 10.3. The molecule has 2 aromatic carbocycles. The van der Waals surface area contributed by atoms with Gasteiger partial charge in [0.25, 0.3) is 10.0 Å².